The highest BCUT2D eigenvalue weighted by atomic mass is 79.9. The van der Waals surface area contributed by atoms with Gasteiger partial charge in [-0.2, -0.15) is 0 Å². The molecule has 0 unspecified atom stereocenters. The lowest BCUT2D eigenvalue weighted by atomic mass is 10.1. The van der Waals surface area contributed by atoms with Crippen LogP contribution in [0.5, 0.6) is 11.5 Å². The number of hydrogen-bond acceptors (Lipinski definition) is 3. The highest BCUT2D eigenvalue weighted by Gasteiger charge is 2.11. The molecule has 0 radical (unpaired) electrons. The molecule has 2 rings (SSSR count). The van der Waals surface area contributed by atoms with Crippen molar-refractivity contribution < 1.29 is 18.7 Å². The fourth-order valence-corrected chi connectivity index (χ4v) is 2.23. The first-order valence-corrected chi connectivity index (χ1v) is 7.24. The summed E-state index contributed by atoms with van der Waals surface area (Å²) in [4.78, 5) is 12.2. The lowest BCUT2D eigenvalue weighted by molar-refractivity contribution is 0.104. The second-order valence-electron chi connectivity index (χ2n) is 4.43. The third kappa shape index (κ3) is 3.74. The van der Waals surface area contributed by atoms with Crippen LogP contribution >= 0.6 is 15.9 Å². The molecule has 0 bridgehead atoms. The average molecular weight is 365 g/mol. The Bertz CT molecular complexity index is 726. The van der Waals surface area contributed by atoms with Gasteiger partial charge in [-0.1, -0.05) is 22.0 Å². The largest absolute Gasteiger partial charge is 0.497 e. The van der Waals surface area contributed by atoms with Crippen LogP contribution in [0.4, 0.5) is 4.39 Å². The Kier molecular flexibility index (Phi) is 5.33. The van der Waals surface area contributed by atoms with Gasteiger partial charge in [-0.05, 0) is 36.4 Å². The lowest BCUT2D eigenvalue weighted by Crippen LogP contribution is -1.99. The molecule has 0 amide bonds. The molecule has 0 spiro atoms. The number of carbonyl (C=O) groups is 1. The third-order valence-electron chi connectivity index (χ3n) is 3.05. The minimum absolute atomic E-state index is 0.276. The van der Waals surface area contributed by atoms with Gasteiger partial charge in [0.15, 0.2) is 5.78 Å². The van der Waals surface area contributed by atoms with E-state index in [1.807, 2.05) is 0 Å². The molecule has 0 aliphatic carbocycles. The van der Waals surface area contributed by atoms with Crippen LogP contribution in [-0.2, 0) is 0 Å². The molecule has 114 valence electrons. The standard InChI is InChI=1S/C17H14BrFO3/c1-21-13-6-7-14(17(10-13)22-2)16(20)8-4-11-3-5-12(18)9-15(11)19/h3-10H,1-2H3/b8-4+. The van der Waals surface area contributed by atoms with Crippen LogP contribution in [0.1, 0.15) is 15.9 Å². The van der Waals surface area contributed by atoms with Gasteiger partial charge in [-0.3, -0.25) is 4.79 Å². The second-order valence-corrected chi connectivity index (χ2v) is 5.35. The van der Waals surface area contributed by atoms with Crippen molar-refractivity contribution in [2.24, 2.45) is 0 Å². The number of benzene rings is 2. The second kappa shape index (κ2) is 7.22. The maximum Gasteiger partial charge on any atom is 0.189 e. The molecular formula is C17H14BrFO3. The quantitative estimate of drug-likeness (QED) is 0.578. The third-order valence-corrected chi connectivity index (χ3v) is 3.54. The Morgan fingerprint density at radius 2 is 1.91 bits per heavy atom. The minimum atomic E-state index is -0.403. The van der Waals surface area contributed by atoms with Crippen molar-refractivity contribution in [3.05, 3.63) is 63.9 Å². The molecule has 0 heterocycles. The van der Waals surface area contributed by atoms with Crippen molar-refractivity contribution in [2.75, 3.05) is 14.2 Å². The number of rotatable bonds is 5. The van der Waals surface area contributed by atoms with Gasteiger partial charge in [0.05, 0.1) is 19.8 Å². The number of methoxy groups -OCH3 is 2. The summed E-state index contributed by atoms with van der Waals surface area (Å²) in [5.74, 6) is 0.323. The number of allylic oxidation sites excluding steroid dienone is 1. The van der Waals surface area contributed by atoms with Gasteiger partial charge in [-0.15, -0.1) is 0 Å². The van der Waals surface area contributed by atoms with Crippen molar-refractivity contribution in [3.8, 4) is 11.5 Å². The molecule has 0 aliphatic rings. The van der Waals surface area contributed by atoms with Crippen molar-refractivity contribution >= 4 is 27.8 Å². The highest BCUT2D eigenvalue weighted by Crippen LogP contribution is 2.25. The van der Waals surface area contributed by atoms with Gasteiger partial charge in [-0.25, -0.2) is 4.39 Å². The van der Waals surface area contributed by atoms with E-state index < -0.39 is 5.82 Å². The Balaban J connectivity index is 2.27. The first-order valence-electron chi connectivity index (χ1n) is 6.44. The summed E-state index contributed by atoms with van der Waals surface area (Å²) in [5.41, 5.74) is 0.723. The first-order chi connectivity index (χ1) is 10.5. The number of ketones is 1. The number of carbonyl (C=O) groups excluding carboxylic acids is 1. The number of halogens is 2. The van der Waals surface area contributed by atoms with Gasteiger partial charge in [0.2, 0.25) is 0 Å². The molecule has 0 saturated carbocycles. The van der Waals surface area contributed by atoms with Crippen molar-refractivity contribution in [1.82, 2.24) is 0 Å². The van der Waals surface area contributed by atoms with E-state index in [4.69, 9.17) is 9.47 Å². The summed E-state index contributed by atoms with van der Waals surface area (Å²) < 4.78 is 24.6. The van der Waals surface area contributed by atoms with E-state index >= 15 is 0 Å². The zero-order valence-electron chi connectivity index (χ0n) is 12.1. The van der Waals surface area contributed by atoms with Crippen LogP contribution in [0, 0.1) is 5.82 Å². The predicted molar refractivity (Wildman–Crippen MR) is 87.0 cm³/mol. The Hall–Kier alpha value is -2.14. The van der Waals surface area contributed by atoms with Gasteiger partial charge >= 0.3 is 0 Å². The summed E-state index contributed by atoms with van der Waals surface area (Å²) in [6.45, 7) is 0. The van der Waals surface area contributed by atoms with E-state index in [1.54, 1.807) is 30.3 Å². The Morgan fingerprint density at radius 3 is 2.55 bits per heavy atom. The molecule has 0 aliphatic heterocycles. The summed E-state index contributed by atoms with van der Waals surface area (Å²) in [6, 6.07) is 9.56. The van der Waals surface area contributed by atoms with E-state index in [1.165, 1.54) is 32.4 Å². The maximum absolute atomic E-state index is 13.7. The SMILES string of the molecule is COc1ccc(C(=O)/C=C/c2ccc(Br)cc2F)c(OC)c1. The summed E-state index contributed by atoms with van der Waals surface area (Å²) in [7, 11) is 3.01. The van der Waals surface area contributed by atoms with Gasteiger partial charge < -0.3 is 9.47 Å². The predicted octanol–water partition coefficient (Wildman–Crippen LogP) is 4.50. The molecule has 22 heavy (non-hydrogen) atoms. The minimum Gasteiger partial charge on any atom is -0.497 e. The topological polar surface area (TPSA) is 35.5 Å². The first kappa shape index (κ1) is 16.2. The molecule has 5 heteroatoms. The molecule has 3 nitrogen and oxygen atoms in total. The van der Waals surface area contributed by atoms with Crippen molar-refractivity contribution in [1.29, 1.82) is 0 Å². The zero-order valence-corrected chi connectivity index (χ0v) is 13.7. The van der Waals surface area contributed by atoms with E-state index in [-0.39, 0.29) is 5.78 Å². The van der Waals surface area contributed by atoms with Crippen molar-refractivity contribution in [3.63, 3.8) is 0 Å². The van der Waals surface area contributed by atoms with Crippen LogP contribution in [-0.4, -0.2) is 20.0 Å². The summed E-state index contributed by atoms with van der Waals surface area (Å²) in [6.07, 6.45) is 2.75. The van der Waals surface area contributed by atoms with Crippen LogP contribution in [0.15, 0.2) is 46.9 Å². The van der Waals surface area contributed by atoms with E-state index in [2.05, 4.69) is 15.9 Å². The Morgan fingerprint density at radius 1 is 1.14 bits per heavy atom. The van der Waals surface area contributed by atoms with E-state index in [9.17, 15) is 9.18 Å². The van der Waals surface area contributed by atoms with Crippen LogP contribution in [0.2, 0.25) is 0 Å². The van der Waals surface area contributed by atoms with Crippen LogP contribution in [0.25, 0.3) is 6.08 Å². The average Bonchev–Trinajstić information content (AvgIpc) is 2.53. The molecule has 0 N–H and O–H groups in total. The summed E-state index contributed by atoms with van der Waals surface area (Å²) >= 11 is 3.19. The molecule has 0 atom stereocenters. The lowest BCUT2D eigenvalue weighted by Gasteiger charge is -2.08. The van der Waals surface area contributed by atoms with E-state index in [0.29, 0.717) is 27.1 Å². The van der Waals surface area contributed by atoms with E-state index in [0.717, 1.165) is 0 Å². The molecular weight excluding hydrogens is 351 g/mol. The normalized spacial score (nSPS) is 10.7. The molecule has 0 saturated heterocycles. The highest BCUT2D eigenvalue weighted by molar-refractivity contribution is 9.10. The molecule has 0 aromatic heterocycles. The van der Waals surface area contributed by atoms with Crippen LogP contribution in [0.3, 0.4) is 0 Å². The maximum atomic E-state index is 13.7. The monoisotopic (exact) mass is 364 g/mol. The van der Waals surface area contributed by atoms with Gasteiger partial charge in [0, 0.05) is 16.1 Å². The zero-order chi connectivity index (χ0) is 16.1. The fourth-order valence-electron chi connectivity index (χ4n) is 1.89. The van der Waals surface area contributed by atoms with Gasteiger partial charge in [0.25, 0.3) is 0 Å². The molecule has 2 aromatic carbocycles. The smallest absolute Gasteiger partial charge is 0.189 e. The fraction of sp³-hybridized carbons (Fsp3) is 0.118. The van der Waals surface area contributed by atoms with Gasteiger partial charge in [0.1, 0.15) is 17.3 Å². The van der Waals surface area contributed by atoms with Crippen LogP contribution < -0.4 is 9.47 Å². The Labute approximate surface area is 136 Å². The summed E-state index contributed by atoms with van der Waals surface area (Å²) in [5, 5.41) is 0. The molecule has 2 aromatic rings. The van der Waals surface area contributed by atoms with Crippen molar-refractivity contribution in [2.45, 2.75) is 0 Å². The number of ether oxygens (including phenoxy) is 2. The molecule has 0 fully saturated rings. The number of hydrogen-bond donors (Lipinski definition) is 0.